The standard InChI is InChI=1S/C31H29ClN2O5S/c1-19-16-25(27(38-3)18-24(19)32)34-31(36)29(20-8-6-5-7-9-20)40-23-13-11-22(12-14-23)33-30(35)21-10-15-26(37-2)28(17-21)39-4/h5-18,29H,1-4H3,(H,33,35)(H,34,36). The minimum absolute atomic E-state index is 0.206. The van der Waals surface area contributed by atoms with E-state index in [9.17, 15) is 9.59 Å². The number of nitrogens with one attached hydrogen (secondary N) is 2. The molecule has 0 radical (unpaired) electrons. The number of hydrogen-bond acceptors (Lipinski definition) is 6. The van der Waals surface area contributed by atoms with Crippen LogP contribution in [0.2, 0.25) is 5.02 Å². The number of methoxy groups -OCH3 is 3. The lowest BCUT2D eigenvalue weighted by Gasteiger charge is -2.19. The summed E-state index contributed by atoms with van der Waals surface area (Å²) in [5.41, 5.74) is 3.27. The molecule has 1 unspecified atom stereocenters. The van der Waals surface area contributed by atoms with Gasteiger partial charge in [-0.2, -0.15) is 0 Å². The molecule has 7 nitrogen and oxygen atoms in total. The smallest absolute Gasteiger partial charge is 0.255 e. The van der Waals surface area contributed by atoms with Crippen molar-refractivity contribution < 1.29 is 23.8 Å². The van der Waals surface area contributed by atoms with Crippen molar-refractivity contribution in [3.8, 4) is 17.2 Å². The minimum atomic E-state index is -0.547. The van der Waals surface area contributed by atoms with Crippen LogP contribution in [0.5, 0.6) is 17.2 Å². The third-order valence-electron chi connectivity index (χ3n) is 6.09. The number of carbonyl (C=O) groups excluding carboxylic acids is 2. The van der Waals surface area contributed by atoms with Crippen molar-refractivity contribution in [3.63, 3.8) is 0 Å². The molecule has 9 heteroatoms. The van der Waals surface area contributed by atoms with Gasteiger partial charge in [-0.1, -0.05) is 41.9 Å². The van der Waals surface area contributed by atoms with E-state index in [4.69, 9.17) is 25.8 Å². The summed E-state index contributed by atoms with van der Waals surface area (Å²) in [6.45, 7) is 1.87. The number of ether oxygens (including phenoxy) is 3. The normalized spacial score (nSPS) is 11.3. The average Bonchev–Trinajstić information content (AvgIpc) is 2.98. The number of hydrogen-bond donors (Lipinski definition) is 2. The van der Waals surface area contributed by atoms with Crippen LogP contribution in [0.1, 0.15) is 26.7 Å². The summed E-state index contributed by atoms with van der Waals surface area (Å²) in [6, 6.07) is 25.3. The van der Waals surface area contributed by atoms with Crippen molar-refractivity contribution >= 4 is 46.6 Å². The summed E-state index contributed by atoms with van der Waals surface area (Å²) in [7, 11) is 4.59. The number of aryl methyl sites for hydroxylation is 1. The largest absolute Gasteiger partial charge is 0.495 e. The molecule has 0 bridgehead atoms. The van der Waals surface area contributed by atoms with Crippen LogP contribution in [0.3, 0.4) is 0 Å². The van der Waals surface area contributed by atoms with Crippen LogP contribution in [0.15, 0.2) is 89.8 Å². The zero-order valence-corrected chi connectivity index (χ0v) is 24.1. The van der Waals surface area contributed by atoms with E-state index in [1.807, 2.05) is 49.4 Å². The Morgan fingerprint density at radius 2 is 1.45 bits per heavy atom. The fraction of sp³-hybridized carbons (Fsp3) is 0.161. The van der Waals surface area contributed by atoms with Crippen LogP contribution < -0.4 is 24.8 Å². The van der Waals surface area contributed by atoms with Crippen molar-refractivity contribution in [2.24, 2.45) is 0 Å². The van der Waals surface area contributed by atoms with Gasteiger partial charge in [-0.25, -0.2) is 0 Å². The lowest BCUT2D eigenvalue weighted by molar-refractivity contribution is -0.115. The predicted octanol–water partition coefficient (Wildman–Crippen LogP) is 7.40. The molecule has 0 aliphatic rings. The Kier molecular flexibility index (Phi) is 9.58. The Morgan fingerprint density at radius 3 is 2.10 bits per heavy atom. The minimum Gasteiger partial charge on any atom is -0.495 e. The fourth-order valence-corrected chi connectivity index (χ4v) is 5.14. The Labute approximate surface area is 242 Å². The van der Waals surface area contributed by atoms with Gasteiger partial charge in [0.25, 0.3) is 5.91 Å². The highest BCUT2D eigenvalue weighted by molar-refractivity contribution is 8.00. The SMILES string of the molecule is COc1cc(Cl)c(C)cc1NC(=O)C(Sc1ccc(NC(=O)c2ccc(OC)c(OC)c2)cc1)c1ccccc1. The number of carbonyl (C=O) groups is 2. The van der Waals surface area contributed by atoms with E-state index in [0.29, 0.717) is 39.2 Å². The molecule has 0 spiro atoms. The maximum Gasteiger partial charge on any atom is 0.255 e. The molecule has 0 aliphatic carbocycles. The highest BCUT2D eigenvalue weighted by Gasteiger charge is 2.24. The molecular formula is C31H29ClN2O5S. The van der Waals surface area contributed by atoms with Crippen molar-refractivity contribution in [1.29, 1.82) is 0 Å². The van der Waals surface area contributed by atoms with E-state index >= 15 is 0 Å². The van der Waals surface area contributed by atoms with E-state index in [-0.39, 0.29) is 11.8 Å². The Bertz CT molecular complexity index is 1500. The molecule has 4 aromatic carbocycles. The summed E-state index contributed by atoms with van der Waals surface area (Å²) in [4.78, 5) is 27.2. The molecule has 206 valence electrons. The number of thioether (sulfide) groups is 1. The zero-order valence-electron chi connectivity index (χ0n) is 22.5. The quantitative estimate of drug-likeness (QED) is 0.191. The van der Waals surface area contributed by atoms with Crippen LogP contribution >= 0.6 is 23.4 Å². The Hall–Kier alpha value is -4.14. The monoisotopic (exact) mass is 576 g/mol. The molecule has 0 aromatic heterocycles. The number of anilines is 2. The molecular weight excluding hydrogens is 548 g/mol. The summed E-state index contributed by atoms with van der Waals surface area (Å²) in [5, 5.41) is 5.90. The number of halogens is 1. The summed E-state index contributed by atoms with van der Waals surface area (Å²) in [5.74, 6) is 1.01. The summed E-state index contributed by atoms with van der Waals surface area (Å²) in [6.07, 6.45) is 0. The van der Waals surface area contributed by atoms with Crippen LogP contribution in [-0.2, 0) is 4.79 Å². The summed E-state index contributed by atoms with van der Waals surface area (Å²) < 4.78 is 16.0. The van der Waals surface area contributed by atoms with E-state index in [0.717, 1.165) is 16.0 Å². The molecule has 40 heavy (non-hydrogen) atoms. The van der Waals surface area contributed by atoms with Crippen LogP contribution in [-0.4, -0.2) is 33.1 Å². The van der Waals surface area contributed by atoms with Crippen LogP contribution in [0, 0.1) is 6.92 Å². The molecule has 2 amide bonds. The van der Waals surface area contributed by atoms with Gasteiger partial charge < -0.3 is 24.8 Å². The predicted molar refractivity (Wildman–Crippen MR) is 160 cm³/mol. The molecule has 0 saturated heterocycles. The van der Waals surface area contributed by atoms with Gasteiger partial charge in [-0.3, -0.25) is 9.59 Å². The lowest BCUT2D eigenvalue weighted by Crippen LogP contribution is -2.19. The molecule has 4 rings (SSSR count). The van der Waals surface area contributed by atoms with Gasteiger partial charge in [0.15, 0.2) is 11.5 Å². The van der Waals surface area contributed by atoms with Gasteiger partial charge in [0.2, 0.25) is 5.91 Å². The van der Waals surface area contributed by atoms with E-state index in [2.05, 4.69) is 10.6 Å². The second-order valence-electron chi connectivity index (χ2n) is 8.75. The van der Waals surface area contributed by atoms with Gasteiger partial charge in [0.05, 0.1) is 27.0 Å². The van der Waals surface area contributed by atoms with Gasteiger partial charge in [-0.05, 0) is 66.6 Å². The lowest BCUT2D eigenvalue weighted by atomic mass is 10.1. The fourth-order valence-electron chi connectivity index (χ4n) is 3.96. The number of rotatable bonds is 10. The molecule has 0 aliphatic heterocycles. The first-order chi connectivity index (χ1) is 19.3. The molecule has 0 saturated carbocycles. The van der Waals surface area contributed by atoms with Crippen LogP contribution in [0.4, 0.5) is 11.4 Å². The van der Waals surface area contributed by atoms with Crippen molar-refractivity contribution in [3.05, 3.63) is 107 Å². The second-order valence-corrected chi connectivity index (χ2v) is 10.3. The van der Waals surface area contributed by atoms with E-state index < -0.39 is 5.25 Å². The van der Waals surface area contributed by atoms with Gasteiger partial charge in [0.1, 0.15) is 11.0 Å². The highest BCUT2D eigenvalue weighted by Crippen LogP contribution is 2.38. The maximum absolute atomic E-state index is 13.6. The molecule has 1 atom stereocenters. The van der Waals surface area contributed by atoms with Crippen molar-refractivity contribution in [2.75, 3.05) is 32.0 Å². The van der Waals surface area contributed by atoms with E-state index in [1.165, 1.54) is 26.0 Å². The highest BCUT2D eigenvalue weighted by atomic mass is 35.5. The van der Waals surface area contributed by atoms with Gasteiger partial charge >= 0.3 is 0 Å². The molecule has 2 N–H and O–H groups in total. The maximum atomic E-state index is 13.6. The van der Waals surface area contributed by atoms with Crippen molar-refractivity contribution in [2.45, 2.75) is 17.1 Å². The molecule has 0 fully saturated rings. The first-order valence-corrected chi connectivity index (χ1v) is 13.6. The molecule has 4 aromatic rings. The third-order valence-corrected chi connectivity index (χ3v) is 7.76. The topological polar surface area (TPSA) is 85.9 Å². The summed E-state index contributed by atoms with van der Waals surface area (Å²) >= 11 is 7.64. The molecule has 0 heterocycles. The zero-order chi connectivity index (χ0) is 28.6. The Morgan fingerprint density at radius 1 is 0.775 bits per heavy atom. The van der Waals surface area contributed by atoms with Gasteiger partial charge in [0, 0.05) is 27.2 Å². The van der Waals surface area contributed by atoms with E-state index in [1.54, 1.807) is 49.6 Å². The van der Waals surface area contributed by atoms with Gasteiger partial charge in [-0.15, -0.1) is 11.8 Å². The Balaban J connectivity index is 1.51. The van der Waals surface area contributed by atoms with Crippen molar-refractivity contribution in [1.82, 2.24) is 0 Å². The van der Waals surface area contributed by atoms with Crippen LogP contribution in [0.25, 0.3) is 0 Å². The second kappa shape index (κ2) is 13.3. The number of benzene rings is 4. The first kappa shape index (κ1) is 28.9. The first-order valence-electron chi connectivity index (χ1n) is 12.3. The number of amides is 2. The third kappa shape index (κ3) is 6.89. The average molecular weight is 577 g/mol.